The third-order valence-corrected chi connectivity index (χ3v) is 9.56. The number of carbonyl (C=O) groups is 6. The number of alkyl halides is 6. The fourth-order valence-electron chi connectivity index (χ4n) is 6.36. The molecule has 1 aliphatic carbocycles. The minimum absolute atomic E-state index is 0.346. The monoisotopic (exact) mass is 914 g/mol. The lowest BCUT2D eigenvalue weighted by atomic mass is 9.98. The molecule has 0 saturated heterocycles. The maximum absolute atomic E-state index is 14.7. The number of aromatic nitrogens is 1. The number of hydrogen-bond acceptors (Lipinski definition) is 17. The number of ether oxygens (including phenoxy) is 4. The second kappa shape index (κ2) is 18.0. The number of fused-ring (bicyclic) bond motifs is 5. The van der Waals surface area contributed by atoms with Crippen molar-refractivity contribution in [3.8, 4) is 23.0 Å². The number of carbonyl (C=O) groups excluding carboxylic acids is 6. The Morgan fingerprint density at radius 3 is 1.56 bits per heavy atom. The molecule has 64 heavy (non-hydrogen) atoms. The molecular weight excluding hydrogens is 878 g/mol. The van der Waals surface area contributed by atoms with Crippen LogP contribution in [-0.4, -0.2) is 114 Å². The normalized spacial score (nSPS) is 15.1. The first-order valence-electron chi connectivity index (χ1n) is 18.3. The number of amides is 3. The van der Waals surface area contributed by atoms with Gasteiger partial charge in [0.25, 0.3) is 17.7 Å². The smallest absolute Gasteiger partial charge is 0.420 e. The van der Waals surface area contributed by atoms with Crippen molar-refractivity contribution in [2.45, 2.75) is 69.6 Å². The molecule has 0 aromatic heterocycles. The van der Waals surface area contributed by atoms with E-state index in [-0.39, 0.29) is 0 Å². The third-order valence-electron chi connectivity index (χ3n) is 9.56. The molecule has 3 amide bonds. The molecule has 0 saturated carbocycles. The van der Waals surface area contributed by atoms with Crippen molar-refractivity contribution in [3.05, 3.63) is 57.4 Å². The van der Waals surface area contributed by atoms with Crippen LogP contribution in [0.25, 0.3) is 22.6 Å². The Balaban J connectivity index is 1.90. The van der Waals surface area contributed by atoms with Crippen molar-refractivity contribution >= 4 is 58.1 Å². The molecule has 0 spiro atoms. The standard InChI is InChI=1S/C38H36F6N6O14/c1-11(51)20(34(57)60-4)48-31(54)14-7-9-16(37(39,40)41)27-23(14)46-25-18(33(56)50-22(13(3)53)36(59)62-6)19(45)26-30(29(25)63-27)64-28-17(38(42,43)44)10-8-15(24(28)47-26)32(55)49-21(12(2)52)35(58)61-5/h7-13,20-22,45-46,51-53H,1-6H3,(H,48,54)(H,49,55)(H,50,56)/t11-,12-,13-,20+,21+,22+/m1/s1. The highest BCUT2D eigenvalue weighted by Gasteiger charge is 2.44. The van der Waals surface area contributed by atoms with Crippen molar-refractivity contribution in [1.29, 1.82) is 5.41 Å². The number of nitrogens with one attached hydrogen (secondary N) is 5. The summed E-state index contributed by atoms with van der Waals surface area (Å²) in [6.07, 6.45) is -15.6. The second-order valence-electron chi connectivity index (χ2n) is 13.9. The zero-order valence-electron chi connectivity index (χ0n) is 33.8. The predicted molar refractivity (Wildman–Crippen MR) is 201 cm³/mol. The maximum Gasteiger partial charge on any atom is 0.420 e. The molecule has 6 atom stereocenters. The van der Waals surface area contributed by atoms with Crippen molar-refractivity contribution in [3.63, 3.8) is 0 Å². The van der Waals surface area contributed by atoms with Gasteiger partial charge in [-0.15, -0.1) is 0 Å². The Kier molecular flexibility index (Phi) is 13.5. The van der Waals surface area contributed by atoms with Crippen molar-refractivity contribution < 1.29 is 93.8 Å². The van der Waals surface area contributed by atoms with Crippen LogP contribution in [-0.2, 0) is 40.9 Å². The summed E-state index contributed by atoms with van der Waals surface area (Å²) < 4.78 is 113. The van der Waals surface area contributed by atoms with Gasteiger partial charge in [0.2, 0.25) is 0 Å². The van der Waals surface area contributed by atoms with Crippen LogP contribution in [0.4, 0.5) is 37.7 Å². The number of methoxy groups -OCH3 is 3. The molecule has 5 rings (SSSR count). The minimum atomic E-state index is -5.33. The molecule has 0 unspecified atom stereocenters. The Morgan fingerprint density at radius 1 is 0.672 bits per heavy atom. The summed E-state index contributed by atoms with van der Waals surface area (Å²) in [6.45, 7) is 3.17. The van der Waals surface area contributed by atoms with E-state index >= 15 is 0 Å². The summed E-state index contributed by atoms with van der Waals surface area (Å²) >= 11 is 0. The van der Waals surface area contributed by atoms with Gasteiger partial charge in [0.15, 0.2) is 41.0 Å². The number of hydrogen-bond donors (Lipinski definition) is 8. The predicted octanol–water partition coefficient (Wildman–Crippen LogP) is 2.26. The van der Waals surface area contributed by atoms with E-state index in [1.54, 1.807) is 0 Å². The van der Waals surface area contributed by atoms with Gasteiger partial charge in [-0.1, -0.05) is 0 Å². The number of anilines is 2. The van der Waals surface area contributed by atoms with Crippen LogP contribution in [0.1, 0.15) is 63.0 Å². The molecule has 26 heteroatoms. The van der Waals surface area contributed by atoms with Gasteiger partial charge in [0, 0.05) is 0 Å². The number of halogens is 6. The van der Waals surface area contributed by atoms with E-state index in [1.807, 2.05) is 0 Å². The summed E-state index contributed by atoms with van der Waals surface area (Å²) in [5.74, 6) is -11.3. The lowest BCUT2D eigenvalue weighted by Gasteiger charge is -2.30. The highest BCUT2D eigenvalue weighted by Crippen LogP contribution is 2.54. The first-order valence-corrected chi connectivity index (χ1v) is 18.3. The Hall–Kier alpha value is -7.06. The van der Waals surface area contributed by atoms with Gasteiger partial charge in [-0.25, -0.2) is 19.4 Å². The molecule has 344 valence electrons. The van der Waals surface area contributed by atoms with Gasteiger partial charge in [0.1, 0.15) is 28.0 Å². The molecule has 2 aliphatic heterocycles. The first kappa shape index (κ1) is 48.0. The lowest BCUT2D eigenvalue weighted by molar-refractivity contribution is -0.146. The molecule has 8 N–H and O–H groups in total. The lowest BCUT2D eigenvalue weighted by Crippen LogP contribution is -2.49. The Labute approximate surface area is 354 Å². The summed E-state index contributed by atoms with van der Waals surface area (Å²) in [7, 11) is 2.69. The minimum Gasteiger partial charge on any atom is -0.467 e. The van der Waals surface area contributed by atoms with E-state index in [2.05, 4.69) is 40.5 Å². The van der Waals surface area contributed by atoms with Gasteiger partial charge in [-0.05, 0) is 45.0 Å². The number of benzene rings is 3. The zero-order valence-corrected chi connectivity index (χ0v) is 33.8. The van der Waals surface area contributed by atoms with Crippen LogP contribution in [0.3, 0.4) is 0 Å². The van der Waals surface area contributed by atoms with E-state index in [0.717, 1.165) is 42.1 Å². The number of aliphatic hydroxyl groups is 3. The van der Waals surface area contributed by atoms with Crippen LogP contribution in [0, 0.1) is 5.41 Å². The van der Waals surface area contributed by atoms with E-state index in [0.29, 0.717) is 24.3 Å². The van der Waals surface area contributed by atoms with Crippen LogP contribution < -0.4 is 31.4 Å². The van der Waals surface area contributed by atoms with Gasteiger partial charge in [-0.3, -0.25) is 19.8 Å². The van der Waals surface area contributed by atoms with Gasteiger partial charge in [-0.2, -0.15) is 26.3 Å². The van der Waals surface area contributed by atoms with Gasteiger partial charge in [0.05, 0.1) is 67.4 Å². The van der Waals surface area contributed by atoms with E-state index in [9.17, 15) is 70.4 Å². The van der Waals surface area contributed by atoms with Crippen LogP contribution in [0.15, 0.2) is 28.7 Å². The number of esters is 3. The second-order valence-corrected chi connectivity index (χ2v) is 13.9. The van der Waals surface area contributed by atoms with Crippen LogP contribution >= 0.6 is 0 Å². The SMILES string of the molecule is COC(=O)[C@@H](NC(=O)c1ccc(C(F)(F)F)c2c1Nc1c(c3oc4c(C(F)(F)F)ccc(C(=O)N[C@H](C(=O)OC)[C@@H](C)O)c4nc-3c(=N)c1C(=O)N[C@H](C(=O)OC)[C@@H](C)O)O2)[C@@H](C)O. The van der Waals surface area contributed by atoms with Crippen molar-refractivity contribution in [1.82, 2.24) is 20.9 Å². The fraction of sp³-hybridized carbons (Fsp3) is 0.368. The molecule has 2 aromatic rings. The largest absolute Gasteiger partial charge is 0.467 e. The average molecular weight is 915 g/mol. The Bertz CT molecular complexity index is 2590. The molecule has 0 bridgehead atoms. The van der Waals surface area contributed by atoms with Crippen molar-refractivity contribution in [2.24, 2.45) is 0 Å². The average Bonchev–Trinajstić information content (AvgIpc) is 3.22. The number of rotatable bonds is 12. The molecule has 2 aromatic carbocycles. The number of aliphatic hydroxyl groups excluding tert-OH is 3. The van der Waals surface area contributed by atoms with E-state index < -0.39 is 163 Å². The highest BCUT2D eigenvalue weighted by molar-refractivity contribution is 6.11. The molecule has 3 aliphatic rings. The van der Waals surface area contributed by atoms with Crippen LogP contribution in [0.5, 0.6) is 11.5 Å². The topological polar surface area (TPSA) is 298 Å². The fourth-order valence-corrected chi connectivity index (χ4v) is 6.36. The molecule has 0 radical (unpaired) electrons. The molecule has 2 heterocycles. The highest BCUT2D eigenvalue weighted by atomic mass is 19.4. The van der Waals surface area contributed by atoms with Crippen LogP contribution in [0.2, 0.25) is 0 Å². The molecular formula is C38H36F6N6O14. The summed E-state index contributed by atoms with van der Waals surface area (Å²) in [4.78, 5) is 82.7. The quantitative estimate of drug-likeness (QED) is 0.0385. The third kappa shape index (κ3) is 9.04. The van der Waals surface area contributed by atoms with E-state index in [4.69, 9.17) is 14.6 Å². The number of nitrogens with zero attached hydrogens (tertiary/aromatic N) is 1. The summed E-state index contributed by atoms with van der Waals surface area (Å²) in [5, 5.41) is 47.3. The summed E-state index contributed by atoms with van der Waals surface area (Å²) in [6, 6.07) is -3.64. The van der Waals surface area contributed by atoms with Crippen molar-refractivity contribution in [2.75, 3.05) is 26.6 Å². The molecule has 20 nitrogen and oxygen atoms in total. The zero-order chi connectivity index (χ0) is 47.9. The van der Waals surface area contributed by atoms with Gasteiger partial charge < -0.3 is 60.0 Å². The van der Waals surface area contributed by atoms with Gasteiger partial charge >= 0.3 is 30.3 Å². The first-order chi connectivity index (χ1) is 29.8. The summed E-state index contributed by atoms with van der Waals surface area (Å²) in [5.41, 5.74) is -11.0. The maximum atomic E-state index is 14.7. The molecule has 0 fully saturated rings. The Morgan fingerprint density at radius 2 is 1.11 bits per heavy atom. The van der Waals surface area contributed by atoms with E-state index in [1.165, 1.54) is 0 Å².